The largest absolute Gasteiger partial charge is 0.507 e. The Hall–Kier alpha value is -2.99. The molecule has 1 unspecified atom stereocenters. The van der Waals surface area contributed by atoms with Crippen molar-refractivity contribution in [2.45, 2.75) is 6.04 Å². The maximum atomic E-state index is 13.3. The number of likely N-dealkylation sites (tertiary alicyclic amines) is 1. The minimum atomic E-state index is -0.800. The molecule has 0 saturated carbocycles. The van der Waals surface area contributed by atoms with Crippen molar-refractivity contribution in [1.29, 1.82) is 0 Å². The van der Waals surface area contributed by atoms with Gasteiger partial charge in [0, 0.05) is 19.2 Å². The number of hydrogen-bond acceptors (Lipinski definition) is 4. The number of halogens is 1. The summed E-state index contributed by atoms with van der Waals surface area (Å²) >= 11 is 0. The SMILES string of the molecule is COCCN1C(=O)C(=O)C(=C(O)c2ccccc2)C1c1ccc(F)cc1. The maximum absolute atomic E-state index is 13.3. The average molecular weight is 355 g/mol. The molecule has 1 N–H and O–H groups in total. The van der Waals surface area contributed by atoms with E-state index < -0.39 is 23.5 Å². The van der Waals surface area contributed by atoms with Crippen molar-refractivity contribution in [2.24, 2.45) is 0 Å². The first-order chi connectivity index (χ1) is 12.5. The van der Waals surface area contributed by atoms with Crippen LogP contribution in [0.5, 0.6) is 0 Å². The molecule has 0 spiro atoms. The van der Waals surface area contributed by atoms with E-state index in [1.54, 1.807) is 30.3 Å². The van der Waals surface area contributed by atoms with Crippen LogP contribution >= 0.6 is 0 Å². The molecule has 1 aliphatic rings. The summed E-state index contributed by atoms with van der Waals surface area (Å²) in [4.78, 5) is 26.5. The van der Waals surface area contributed by atoms with Gasteiger partial charge in [-0.05, 0) is 17.7 Å². The Morgan fingerprint density at radius 3 is 2.38 bits per heavy atom. The number of aliphatic hydroxyl groups excluding tert-OH is 1. The Bertz CT molecular complexity index is 846. The van der Waals surface area contributed by atoms with E-state index in [-0.39, 0.29) is 24.5 Å². The Labute approximate surface area is 150 Å². The first-order valence-corrected chi connectivity index (χ1v) is 8.13. The molecule has 2 aromatic rings. The topological polar surface area (TPSA) is 66.8 Å². The van der Waals surface area contributed by atoms with E-state index in [9.17, 15) is 19.1 Å². The monoisotopic (exact) mass is 355 g/mol. The van der Waals surface area contributed by atoms with Gasteiger partial charge in [0.1, 0.15) is 11.6 Å². The molecule has 5 nitrogen and oxygen atoms in total. The fourth-order valence-corrected chi connectivity index (χ4v) is 3.04. The number of amides is 1. The molecule has 1 heterocycles. The van der Waals surface area contributed by atoms with Gasteiger partial charge in [-0.25, -0.2) is 4.39 Å². The van der Waals surface area contributed by atoms with Gasteiger partial charge in [0.2, 0.25) is 0 Å². The Morgan fingerprint density at radius 2 is 1.77 bits per heavy atom. The lowest BCUT2D eigenvalue weighted by atomic mass is 9.95. The minimum absolute atomic E-state index is 0.0103. The van der Waals surface area contributed by atoms with Crippen LogP contribution in [0.1, 0.15) is 17.2 Å². The van der Waals surface area contributed by atoms with Gasteiger partial charge in [0.25, 0.3) is 11.7 Å². The Morgan fingerprint density at radius 1 is 1.12 bits per heavy atom. The summed E-state index contributed by atoms with van der Waals surface area (Å²) in [6.45, 7) is 0.408. The zero-order chi connectivity index (χ0) is 18.7. The summed E-state index contributed by atoms with van der Waals surface area (Å²) in [6.07, 6.45) is 0. The van der Waals surface area contributed by atoms with Crippen LogP contribution in [0.2, 0.25) is 0 Å². The number of carbonyl (C=O) groups excluding carboxylic acids is 2. The summed E-state index contributed by atoms with van der Waals surface area (Å²) < 4.78 is 18.3. The molecular formula is C20H18FNO4. The van der Waals surface area contributed by atoms with Crippen LogP contribution in [0.25, 0.3) is 5.76 Å². The number of methoxy groups -OCH3 is 1. The second-order valence-electron chi connectivity index (χ2n) is 5.90. The predicted molar refractivity (Wildman–Crippen MR) is 93.7 cm³/mol. The number of ketones is 1. The first-order valence-electron chi connectivity index (χ1n) is 8.13. The third-order valence-electron chi connectivity index (χ3n) is 4.31. The zero-order valence-corrected chi connectivity index (χ0v) is 14.2. The fraction of sp³-hybridized carbons (Fsp3) is 0.200. The number of aliphatic hydroxyl groups is 1. The molecule has 1 saturated heterocycles. The quantitative estimate of drug-likeness (QED) is 0.509. The van der Waals surface area contributed by atoms with Crippen molar-refractivity contribution in [1.82, 2.24) is 4.90 Å². The van der Waals surface area contributed by atoms with Crippen molar-refractivity contribution < 1.29 is 23.8 Å². The van der Waals surface area contributed by atoms with Crippen molar-refractivity contribution in [3.05, 3.63) is 77.1 Å². The third-order valence-corrected chi connectivity index (χ3v) is 4.31. The van der Waals surface area contributed by atoms with E-state index in [1.165, 1.54) is 36.3 Å². The third kappa shape index (κ3) is 3.23. The van der Waals surface area contributed by atoms with Crippen LogP contribution in [-0.4, -0.2) is 42.0 Å². The van der Waals surface area contributed by atoms with Crippen LogP contribution in [0, 0.1) is 5.82 Å². The number of carbonyl (C=O) groups is 2. The van der Waals surface area contributed by atoms with E-state index in [0.29, 0.717) is 11.1 Å². The summed E-state index contributed by atoms with van der Waals surface area (Å²) in [7, 11) is 1.49. The number of hydrogen-bond donors (Lipinski definition) is 1. The molecule has 26 heavy (non-hydrogen) atoms. The smallest absolute Gasteiger partial charge is 0.295 e. The van der Waals surface area contributed by atoms with Gasteiger partial charge >= 0.3 is 0 Å². The van der Waals surface area contributed by atoms with E-state index in [1.807, 2.05) is 0 Å². The summed E-state index contributed by atoms with van der Waals surface area (Å²) in [6, 6.07) is 13.3. The maximum Gasteiger partial charge on any atom is 0.295 e. The van der Waals surface area contributed by atoms with Gasteiger partial charge in [-0.3, -0.25) is 9.59 Å². The first kappa shape index (κ1) is 17.8. The second-order valence-corrected chi connectivity index (χ2v) is 5.90. The number of ether oxygens (including phenoxy) is 1. The van der Waals surface area contributed by atoms with Gasteiger partial charge in [-0.15, -0.1) is 0 Å². The molecule has 1 fully saturated rings. The molecule has 1 atom stereocenters. The van der Waals surface area contributed by atoms with Crippen molar-refractivity contribution >= 4 is 17.4 Å². The highest BCUT2D eigenvalue weighted by atomic mass is 19.1. The number of nitrogens with zero attached hydrogens (tertiary/aromatic N) is 1. The molecule has 3 rings (SSSR count). The lowest BCUT2D eigenvalue weighted by Crippen LogP contribution is -2.32. The van der Waals surface area contributed by atoms with Crippen LogP contribution in [0.4, 0.5) is 4.39 Å². The highest BCUT2D eigenvalue weighted by molar-refractivity contribution is 6.46. The minimum Gasteiger partial charge on any atom is -0.507 e. The highest BCUT2D eigenvalue weighted by Crippen LogP contribution is 2.39. The van der Waals surface area contributed by atoms with Crippen LogP contribution in [0.3, 0.4) is 0 Å². The number of Topliss-reactive ketones (excluding diaryl/α,β-unsaturated/α-hetero) is 1. The van der Waals surface area contributed by atoms with Crippen LogP contribution in [0.15, 0.2) is 60.2 Å². The Balaban J connectivity index is 2.15. The average Bonchev–Trinajstić information content (AvgIpc) is 2.91. The number of rotatable bonds is 5. The van der Waals surface area contributed by atoms with Crippen LogP contribution < -0.4 is 0 Å². The predicted octanol–water partition coefficient (Wildman–Crippen LogP) is 2.89. The lowest BCUT2D eigenvalue weighted by molar-refractivity contribution is -0.140. The van der Waals surface area contributed by atoms with Gasteiger partial charge in [-0.2, -0.15) is 0 Å². The molecule has 0 aliphatic carbocycles. The Kier molecular flexibility index (Phi) is 5.14. The molecule has 2 aromatic carbocycles. The molecule has 134 valence electrons. The fourth-order valence-electron chi connectivity index (χ4n) is 3.04. The second kappa shape index (κ2) is 7.49. The van der Waals surface area contributed by atoms with E-state index in [2.05, 4.69) is 0 Å². The van der Waals surface area contributed by atoms with E-state index in [0.717, 1.165) is 0 Å². The molecule has 1 amide bonds. The van der Waals surface area contributed by atoms with Gasteiger partial charge in [0.15, 0.2) is 0 Å². The number of benzene rings is 2. The summed E-state index contributed by atoms with van der Waals surface area (Å²) in [5.41, 5.74) is 0.965. The van der Waals surface area contributed by atoms with Crippen molar-refractivity contribution in [3.63, 3.8) is 0 Å². The van der Waals surface area contributed by atoms with Gasteiger partial charge < -0.3 is 14.7 Å². The summed E-state index contributed by atoms with van der Waals surface area (Å²) in [5.74, 6) is -2.16. The molecule has 0 radical (unpaired) electrons. The van der Waals surface area contributed by atoms with Gasteiger partial charge in [-0.1, -0.05) is 42.5 Å². The normalized spacial score (nSPS) is 19.2. The molecule has 0 aromatic heterocycles. The summed E-state index contributed by atoms with van der Waals surface area (Å²) in [5, 5.41) is 10.7. The van der Waals surface area contributed by atoms with E-state index in [4.69, 9.17) is 4.74 Å². The highest BCUT2D eigenvalue weighted by Gasteiger charge is 2.45. The van der Waals surface area contributed by atoms with Crippen molar-refractivity contribution in [3.8, 4) is 0 Å². The zero-order valence-electron chi connectivity index (χ0n) is 14.2. The van der Waals surface area contributed by atoms with Crippen LogP contribution in [-0.2, 0) is 14.3 Å². The molecule has 6 heteroatoms. The standard InChI is InChI=1S/C20H18FNO4/c1-26-12-11-22-17(13-7-9-15(21)10-8-13)16(19(24)20(22)25)18(23)14-5-3-2-4-6-14/h2-10,17,23H,11-12H2,1H3. The van der Waals surface area contributed by atoms with Crippen molar-refractivity contribution in [2.75, 3.05) is 20.3 Å². The molecule has 1 aliphatic heterocycles. The molecular weight excluding hydrogens is 337 g/mol. The van der Waals surface area contributed by atoms with Gasteiger partial charge in [0.05, 0.1) is 18.2 Å². The molecule has 0 bridgehead atoms. The van der Waals surface area contributed by atoms with E-state index >= 15 is 0 Å². The lowest BCUT2D eigenvalue weighted by Gasteiger charge is -2.25.